The smallest absolute Gasteiger partial charge is 0.338 e. The van der Waals surface area contributed by atoms with E-state index in [0.29, 0.717) is 17.7 Å². The Bertz CT molecular complexity index is 1150. The number of aryl methyl sites for hydroxylation is 1. The van der Waals surface area contributed by atoms with Crippen molar-refractivity contribution in [3.63, 3.8) is 0 Å². The number of carbonyl (C=O) groups is 1. The third-order valence-corrected chi connectivity index (χ3v) is 5.34. The number of hydrogen-bond acceptors (Lipinski definition) is 4. The van der Waals surface area contributed by atoms with E-state index >= 15 is 0 Å². The van der Waals surface area contributed by atoms with Gasteiger partial charge in [-0.1, -0.05) is 61.9 Å². The summed E-state index contributed by atoms with van der Waals surface area (Å²) in [7, 11) is 1.37. The van der Waals surface area contributed by atoms with Gasteiger partial charge < -0.3 is 9.30 Å². The Morgan fingerprint density at radius 3 is 2.48 bits per heavy atom. The lowest BCUT2D eigenvalue weighted by Crippen LogP contribution is -2.27. The second-order valence-corrected chi connectivity index (χ2v) is 7.41. The van der Waals surface area contributed by atoms with Crippen molar-refractivity contribution in [2.45, 2.75) is 39.2 Å². The number of unbranched alkanes of at least 4 members (excludes halogenated alkanes) is 1. The van der Waals surface area contributed by atoms with E-state index in [1.54, 1.807) is 16.7 Å². The molecule has 0 atom stereocenters. The monoisotopic (exact) mass is 414 g/mol. The molecular formula is C26H26N2O3. The summed E-state index contributed by atoms with van der Waals surface area (Å²) in [4.78, 5) is 25.0. The molecule has 0 N–H and O–H groups in total. The number of ether oxygens (including phenoxy) is 1. The molecule has 0 unspecified atom stereocenters. The molecule has 0 aliphatic heterocycles. The Morgan fingerprint density at radius 2 is 1.81 bits per heavy atom. The van der Waals surface area contributed by atoms with Crippen LogP contribution in [0, 0.1) is 11.3 Å². The van der Waals surface area contributed by atoms with Gasteiger partial charge in [-0.3, -0.25) is 4.79 Å². The van der Waals surface area contributed by atoms with Gasteiger partial charge >= 0.3 is 5.97 Å². The van der Waals surface area contributed by atoms with Crippen molar-refractivity contribution in [1.82, 2.24) is 4.57 Å². The minimum Gasteiger partial charge on any atom is -0.465 e. The second kappa shape index (κ2) is 10.4. The fourth-order valence-corrected chi connectivity index (χ4v) is 3.63. The van der Waals surface area contributed by atoms with Crippen molar-refractivity contribution < 1.29 is 9.53 Å². The minimum atomic E-state index is -0.374. The number of hydrogen-bond donors (Lipinski definition) is 0. The molecule has 0 aliphatic carbocycles. The molecule has 0 spiro atoms. The van der Waals surface area contributed by atoms with E-state index in [2.05, 4.69) is 13.0 Å². The van der Waals surface area contributed by atoms with E-state index in [1.807, 2.05) is 48.5 Å². The molecule has 5 nitrogen and oxygen atoms in total. The van der Waals surface area contributed by atoms with Gasteiger partial charge in [-0.2, -0.15) is 5.26 Å². The van der Waals surface area contributed by atoms with Crippen LogP contribution in [0.1, 0.15) is 46.9 Å². The summed E-state index contributed by atoms with van der Waals surface area (Å²) in [6.45, 7) is 2.56. The third-order valence-electron chi connectivity index (χ3n) is 5.34. The highest BCUT2D eigenvalue weighted by Gasteiger charge is 2.13. The van der Waals surface area contributed by atoms with Crippen molar-refractivity contribution in [2.24, 2.45) is 0 Å². The van der Waals surface area contributed by atoms with Crippen LogP contribution >= 0.6 is 0 Å². The first kappa shape index (κ1) is 22.0. The fraction of sp³-hybridized carbons (Fsp3) is 0.269. The Kier molecular flexibility index (Phi) is 7.40. The highest BCUT2D eigenvalue weighted by atomic mass is 16.5. The van der Waals surface area contributed by atoms with Crippen molar-refractivity contribution in [3.05, 3.63) is 93.4 Å². The average Bonchev–Trinajstić information content (AvgIpc) is 2.81. The zero-order valence-corrected chi connectivity index (χ0v) is 17.9. The molecule has 0 aliphatic rings. The van der Waals surface area contributed by atoms with Crippen molar-refractivity contribution in [1.29, 1.82) is 5.26 Å². The molecule has 0 amide bonds. The molecule has 5 heteroatoms. The predicted molar refractivity (Wildman–Crippen MR) is 121 cm³/mol. The lowest BCUT2D eigenvalue weighted by Gasteiger charge is -2.15. The number of rotatable bonds is 8. The van der Waals surface area contributed by atoms with E-state index < -0.39 is 0 Å². The van der Waals surface area contributed by atoms with Crippen LogP contribution in [0.5, 0.6) is 0 Å². The van der Waals surface area contributed by atoms with Gasteiger partial charge in [-0.25, -0.2) is 4.79 Å². The zero-order chi connectivity index (χ0) is 22.2. The lowest BCUT2D eigenvalue weighted by atomic mass is 9.98. The van der Waals surface area contributed by atoms with Crippen molar-refractivity contribution in [2.75, 3.05) is 7.11 Å². The standard InChI is InChI=1S/C26H26N2O3/c1-3-4-7-22-15-14-21(16-17-27)25(29)28(22)18-19-10-12-20(13-11-19)23-8-5-6-9-24(23)26(30)31-2/h5-6,8-15H,3-4,7,16,18H2,1-2H3. The van der Waals surface area contributed by atoms with Gasteiger partial charge in [-0.15, -0.1) is 0 Å². The number of aromatic nitrogens is 1. The van der Waals surface area contributed by atoms with Gasteiger partial charge in [0.15, 0.2) is 0 Å². The Balaban J connectivity index is 1.93. The van der Waals surface area contributed by atoms with E-state index in [-0.39, 0.29) is 17.9 Å². The maximum absolute atomic E-state index is 12.9. The zero-order valence-electron chi connectivity index (χ0n) is 17.9. The number of methoxy groups -OCH3 is 1. The second-order valence-electron chi connectivity index (χ2n) is 7.41. The van der Waals surface area contributed by atoms with Gasteiger partial charge in [0.2, 0.25) is 0 Å². The summed E-state index contributed by atoms with van der Waals surface area (Å²) in [5.41, 5.74) is 4.60. The molecule has 1 heterocycles. The molecule has 3 aromatic rings. The summed E-state index contributed by atoms with van der Waals surface area (Å²) in [6.07, 6.45) is 2.97. The molecule has 0 fully saturated rings. The number of nitriles is 1. The van der Waals surface area contributed by atoms with Gasteiger partial charge in [0.1, 0.15) is 0 Å². The largest absolute Gasteiger partial charge is 0.465 e. The van der Waals surface area contributed by atoms with Crippen LogP contribution in [-0.2, 0) is 24.1 Å². The number of nitrogens with zero attached hydrogens (tertiary/aromatic N) is 2. The lowest BCUT2D eigenvalue weighted by molar-refractivity contribution is 0.0601. The Morgan fingerprint density at radius 1 is 1.06 bits per heavy atom. The van der Waals surface area contributed by atoms with Crippen LogP contribution in [0.3, 0.4) is 0 Å². The van der Waals surface area contributed by atoms with Crippen LogP contribution in [0.25, 0.3) is 11.1 Å². The minimum absolute atomic E-state index is 0.102. The van der Waals surface area contributed by atoms with E-state index in [9.17, 15) is 9.59 Å². The van der Waals surface area contributed by atoms with Crippen LogP contribution in [0.2, 0.25) is 0 Å². The van der Waals surface area contributed by atoms with Gasteiger partial charge in [0.25, 0.3) is 5.56 Å². The topological polar surface area (TPSA) is 72.1 Å². The summed E-state index contributed by atoms with van der Waals surface area (Å²) < 4.78 is 6.67. The van der Waals surface area contributed by atoms with Crippen molar-refractivity contribution in [3.8, 4) is 17.2 Å². The molecular weight excluding hydrogens is 388 g/mol. The van der Waals surface area contributed by atoms with Crippen LogP contribution in [0.4, 0.5) is 0 Å². The molecule has 2 aromatic carbocycles. The molecule has 0 saturated carbocycles. The quantitative estimate of drug-likeness (QED) is 0.498. The maximum atomic E-state index is 12.9. The number of carbonyl (C=O) groups excluding carboxylic acids is 1. The summed E-state index contributed by atoms with van der Waals surface area (Å²) >= 11 is 0. The highest BCUT2D eigenvalue weighted by Crippen LogP contribution is 2.25. The fourth-order valence-electron chi connectivity index (χ4n) is 3.63. The average molecular weight is 415 g/mol. The summed E-state index contributed by atoms with van der Waals surface area (Å²) in [5, 5.41) is 9.02. The highest BCUT2D eigenvalue weighted by molar-refractivity contribution is 5.97. The Hall–Kier alpha value is -3.65. The molecule has 158 valence electrons. The third kappa shape index (κ3) is 5.10. The van der Waals surface area contributed by atoms with E-state index in [1.165, 1.54) is 7.11 Å². The number of pyridine rings is 1. The van der Waals surface area contributed by atoms with E-state index in [0.717, 1.165) is 41.6 Å². The predicted octanol–water partition coefficient (Wildman–Crippen LogP) is 4.76. The molecule has 31 heavy (non-hydrogen) atoms. The maximum Gasteiger partial charge on any atom is 0.338 e. The summed E-state index contributed by atoms with van der Waals surface area (Å²) in [6, 6.07) is 21.0. The molecule has 3 rings (SSSR count). The van der Waals surface area contributed by atoms with E-state index in [4.69, 9.17) is 10.00 Å². The first-order chi connectivity index (χ1) is 15.1. The van der Waals surface area contributed by atoms with Crippen molar-refractivity contribution >= 4 is 5.97 Å². The van der Waals surface area contributed by atoms with Gasteiger partial charge in [0, 0.05) is 11.3 Å². The number of benzene rings is 2. The first-order valence-corrected chi connectivity index (χ1v) is 10.4. The molecule has 0 radical (unpaired) electrons. The molecule has 0 saturated heterocycles. The molecule has 0 bridgehead atoms. The van der Waals surface area contributed by atoms with Gasteiger partial charge in [0.05, 0.1) is 31.7 Å². The summed E-state index contributed by atoms with van der Waals surface area (Å²) in [5.74, 6) is -0.374. The normalized spacial score (nSPS) is 10.5. The van der Waals surface area contributed by atoms with Gasteiger partial charge in [-0.05, 0) is 41.7 Å². The van der Waals surface area contributed by atoms with Crippen LogP contribution in [-0.4, -0.2) is 17.6 Å². The first-order valence-electron chi connectivity index (χ1n) is 10.4. The SMILES string of the molecule is CCCCc1ccc(CC#N)c(=O)n1Cc1ccc(-c2ccccc2C(=O)OC)cc1. The molecule has 1 aromatic heterocycles. The van der Waals surface area contributed by atoms with Crippen LogP contribution < -0.4 is 5.56 Å². The number of esters is 1. The van der Waals surface area contributed by atoms with Crippen LogP contribution in [0.15, 0.2) is 65.5 Å². The Labute approximate surface area is 182 Å².